The maximum Gasteiger partial charge on any atom is 0.341 e. The van der Waals surface area contributed by atoms with Crippen LogP contribution in [0.5, 0.6) is 0 Å². The molecule has 0 aliphatic carbocycles. The first-order valence-corrected chi connectivity index (χ1v) is 9.00. The zero-order chi connectivity index (χ0) is 18.6. The molecule has 2 aromatic heterocycles. The van der Waals surface area contributed by atoms with Crippen LogP contribution < -0.4 is 5.32 Å². The molecule has 0 aromatic carbocycles. The Morgan fingerprint density at radius 2 is 2.00 bits per heavy atom. The van der Waals surface area contributed by atoms with E-state index in [9.17, 15) is 14.4 Å². The molecule has 0 bridgehead atoms. The van der Waals surface area contributed by atoms with Crippen molar-refractivity contribution in [3.63, 3.8) is 0 Å². The third kappa shape index (κ3) is 4.34. The molecule has 2 amide bonds. The Bertz CT molecular complexity index is 820. The van der Waals surface area contributed by atoms with E-state index in [4.69, 9.17) is 4.74 Å². The Hall–Kier alpha value is -2.45. The average molecular weight is 378 g/mol. The molecular weight excluding hydrogens is 360 g/mol. The van der Waals surface area contributed by atoms with Gasteiger partial charge in [-0.25, -0.2) is 4.79 Å². The molecule has 1 N–H and O–H groups in total. The lowest BCUT2D eigenvalue weighted by Crippen LogP contribution is -2.21. The lowest BCUT2D eigenvalue weighted by molar-refractivity contribution is -0.111. The fraction of sp³-hybridized carbons (Fsp3) is 0.235. The van der Waals surface area contributed by atoms with Gasteiger partial charge in [0, 0.05) is 25.0 Å². The molecule has 0 saturated carbocycles. The third-order valence-corrected chi connectivity index (χ3v) is 5.35. The van der Waals surface area contributed by atoms with Gasteiger partial charge in [-0.3, -0.25) is 9.59 Å². The molecule has 6 nitrogen and oxygen atoms in total. The first kappa shape index (κ1) is 18.9. The molecule has 2 rings (SSSR count). The molecule has 25 heavy (non-hydrogen) atoms. The van der Waals surface area contributed by atoms with Gasteiger partial charge in [0.1, 0.15) is 5.00 Å². The zero-order valence-corrected chi connectivity index (χ0v) is 15.9. The van der Waals surface area contributed by atoms with E-state index in [-0.39, 0.29) is 17.4 Å². The zero-order valence-electron chi connectivity index (χ0n) is 14.3. The van der Waals surface area contributed by atoms with E-state index >= 15 is 0 Å². The summed E-state index contributed by atoms with van der Waals surface area (Å²) in [6.07, 6.45) is 3.07. The van der Waals surface area contributed by atoms with E-state index in [1.807, 2.05) is 17.5 Å². The van der Waals surface area contributed by atoms with E-state index in [2.05, 4.69) is 5.32 Å². The summed E-state index contributed by atoms with van der Waals surface area (Å²) in [5.74, 6) is -1.21. The summed E-state index contributed by atoms with van der Waals surface area (Å²) in [6, 6.07) is 3.77. The van der Waals surface area contributed by atoms with Crippen molar-refractivity contribution in [2.24, 2.45) is 0 Å². The van der Waals surface area contributed by atoms with E-state index in [0.717, 1.165) is 16.2 Å². The highest BCUT2D eigenvalue weighted by molar-refractivity contribution is 7.18. The molecule has 8 heteroatoms. The van der Waals surface area contributed by atoms with Gasteiger partial charge in [0.25, 0.3) is 5.91 Å². The number of carbonyl (C=O) groups excluding carboxylic acids is 3. The number of rotatable bonds is 5. The lowest BCUT2D eigenvalue weighted by atomic mass is 10.1. The number of esters is 1. The molecule has 0 fully saturated rings. The van der Waals surface area contributed by atoms with Gasteiger partial charge >= 0.3 is 5.97 Å². The van der Waals surface area contributed by atoms with Crippen LogP contribution in [0.2, 0.25) is 0 Å². The second-order valence-corrected chi connectivity index (χ2v) is 7.29. The molecule has 0 unspecified atom stereocenters. The van der Waals surface area contributed by atoms with Crippen LogP contribution in [0.15, 0.2) is 23.6 Å². The molecule has 2 heterocycles. The largest absolute Gasteiger partial charge is 0.465 e. The highest BCUT2D eigenvalue weighted by atomic mass is 32.1. The summed E-state index contributed by atoms with van der Waals surface area (Å²) in [5.41, 5.74) is 0.698. The second-order valence-electron chi connectivity index (χ2n) is 5.29. The lowest BCUT2D eigenvalue weighted by Gasteiger charge is -2.08. The van der Waals surface area contributed by atoms with Crippen molar-refractivity contribution < 1.29 is 19.1 Å². The fourth-order valence-corrected chi connectivity index (χ4v) is 3.89. The van der Waals surface area contributed by atoms with Crippen LogP contribution in [0.1, 0.15) is 30.5 Å². The summed E-state index contributed by atoms with van der Waals surface area (Å²) < 4.78 is 4.79. The number of nitrogens with zero attached hydrogens (tertiary/aromatic N) is 1. The second kappa shape index (κ2) is 8.09. The number of amides is 2. The van der Waals surface area contributed by atoms with Gasteiger partial charge in [-0.05, 0) is 30.0 Å². The molecule has 2 aromatic rings. The minimum atomic E-state index is -0.593. The Balaban J connectivity index is 2.32. The molecule has 0 aliphatic heterocycles. The normalized spacial score (nSPS) is 10.7. The predicted molar refractivity (Wildman–Crippen MR) is 100 cm³/mol. The fourth-order valence-electron chi connectivity index (χ4n) is 2.05. The Kier molecular flexibility index (Phi) is 6.11. The van der Waals surface area contributed by atoms with E-state index in [1.54, 1.807) is 27.1 Å². The minimum Gasteiger partial charge on any atom is -0.465 e. The maximum absolute atomic E-state index is 12.3. The van der Waals surface area contributed by atoms with E-state index in [1.165, 1.54) is 29.4 Å². The van der Waals surface area contributed by atoms with Crippen LogP contribution in [0.4, 0.5) is 5.00 Å². The number of hydrogen-bond donors (Lipinski definition) is 1. The van der Waals surface area contributed by atoms with Crippen LogP contribution in [0, 0.1) is 6.92 Å². The van der Waals surface area contributed by atoms with Crippen LogP contribution in [-0.4, -0.2) is 43.9 Å². The Morgan fingerprint density at radius 1 is 1.28 bits per heavy atom. The molecule has 0 spiro atoms. The maximum atomic E-state index is 12.3. The molecular formula is C17H18N2O4S2. The number of hydrogen-bond acceptors (Lipinski definition) is 6. The van der Waals surface area contributed by atoms with Crippen molar-refractivity contribution in [1.82, 2.24) is 4.90 Å². The summed E-state index contributed by atoms with van der Waals surface area (Å²) in [4.78, 5) is 39.3. The highest BCUT2D eigenvalue weighted by Gasteiger charge is 2.26. The third-order valence-electron chi connectivity index (χ3n) is 3.32. The topological polar surface area (TPSA) is 75.7 Å². The van der Waals surface area contributed by atoms with Gasteiger partial charge < -0.3 is 15.0 Å². The minimum absolute atomic E-state index is 0.204. The monoisotopic (exact) mass is 378 g/mol. The Morgan fingerprint density at radius 3 is 2.56 bits per heavy atom. The number of anilines is 1. The molecule has 132 valence electrons. The summed E-state index contributed by atoms with van der Waals surface area (Å²) in [5, 5.41) is 4.88. The number of ether oxygens (including phenoxy) is 1. The first-order valence-electron chi connectivity index (χ1n) is 7.31. The van der Waals surface area contributed by atoms with Crippen molar-refractivity contribution in [3.05, 3.63) is 44.5 Å². The van der Waals surface area contributed by atoms with Gasteiger partial charge in [-0.15, -0.1) is 22.7 Å². The molecule has 0 atom stereocenters. The van der Waals surface area contributed by atoms with Crippen molar-refractivity contribution in [2.75, 3.05) is 26.5 Å². The number of thiophene rings is 2. The highest BCUT2D eigenvalue weighted by Crippen LogP contribution is 2.34. The summed E-state index contributed by atoms with van der Waals surface area (Å²) in [6.45, 7) is 1.66. The molecule has 0 saturated heterocycles. The molecule has 0 aliphatic rings. The SMILES string of the molecule is COC(=O)c1c(NC(=O)/C=C/c2cccs2)sc(C(=O)N(C)C)c1C. The first-order chi connectivity index (χ1) is 11.8. The van der Waals surface area contributed by atoms with Gasteiger partial charge in [0.15, 0.2) is 0 Å². The van der Waals surface area contributed by atoms with E-state index in [0.29, 0.717) is 15.4 Å². The molecule has 0 radical (unpaired) electrons. The van der Waals surface area contributed by atoms with Gasteiger partial charge in [0.2, 0.25) is 5.91 Å². The van der Waals surface area contributed by atoms with Gasteiger partial charge in [0.05, 0.1) is 17.6 Å². The Labute approximate surface area is 153 Å². The predicted octanol–water partition coefficient (Wildman–Crippen LogP) is 3.26. The smallest absolute Gasteiger partial charge is 0.341 e. The summed E-state index contributed by atoms with van der Waals surface area (Å²) >= 11 is 2.57. The van der Waals surface area contributed by atoms with Gasteiger partial charge in [-0.2, -0.15) is 0 Å². The van der Waals surface area contributed by atoms with Crippen molar-refractivity contribution in [2.45, 2.75) is 6.92 Å². The van der Waals surface area contributed by atoms with Crippen LogP contribution >= 0.6 is 22.7 Å². The van der Waals surface area contributed by atoms with Crippen molar-refractivity contribution in [3.8, 4) is 0 Å². The van der Waals surface area contributed by atoms with Gasteiger partial charge in [-0.1, -0.05) is 6.07 Å². The van der Waals surface area contributed by atoms with Crippen LogP contribution in [0.25, 0.3) is 6.08 Å². The number of carbonyl (C=O) groups is 3. The van der Waals surface area contributed by atoms with Crippen LogP contribution in [-0.2, 0) is 9.53 Å². The quantitative estimate of drug-likeness (QED) is 0.640. The number of nitrogens with one attached hydrogen (secondary N) is 1. The van der Waals surface area contributed by atoms with E-state index < -0.39 is 5.97 Å². The van der Waals surface area contributed by atoms with Crippen LogP contribution in [0.3, 0.4) is 0 Å². The standard InChI is InChI=1S/C17H18N2O4S2/c1-10-13(17(22)23-4)15(25-14(10)16(21)19(2)3)18-12(20)8-7-11-6-5-9-24-11/h5-9H,1-4H3,(H,18,20)/b8-7+. The number of methoxy groups -OCH3 is 1. The van der Waals surface area contributed by atoms with Crippen molar-refractivity contribution in [1.29, 1.82) is 0 Å². The average Bonchev–Trinajstić information content (AvgIpc) is 3.19. The van der Waals surface area contributed by atoms with Crippen molar-refractivity contribution >= 4 is 51.5 Å². The summed E-state index contributed by atoms with van der Waals surface area (Å²) in [7, 11) is 4.51.